The summed E-state index contributed by atoms with van der Waals surface area (Å²) in [6.07, 6.45) is -3.65. The highest BCUT2D eigenvalue weighted by atomic mass is 16.4. The molecular weight excluding hydrogens is 308 g/mol. The van der Waals surface area contributed by atoms with Gasteiger partial charge in [0.1, 0.15) is 12.2 Å². The van der Waals surface area contributed by atoms with E-state index in [1.54, 1.807) is 5.01 Å². The number of para-hydroxylation sites is 2. The number of hydrogen-bond donors (Lipinski definition) is 4. The highest BCUT2D eigenvalue weighted by molar-refractivity contribution is 5.62. The van der Waals surface area contributed by atoms with E-state index in [0.717, 1.165) is 11.4 Å². The second kappa shape index (κ2) is 7.29. The number of rotatable bonds is 4. The van der Waals surface area contributed by atoms with Crippen LogP contribution in [0.1, 0.15) is 0 Å². The lowest BCUT2D eigenvalue weighted by atomic mass is 9.95. The average Bonchev–Trinajstić information content (AvgIpc) is 2.62. The second-order valence-electron chi connectivity index (χ2n) is 5.90. The first kappa shape index (κ1) is 16.9. The van der Waals surface area contributed by atoms with E-state index in [1.165, 1.54) is 0 Å². The van der Waals surface area contributed by atoms with Crippen molar-refractivity contribution in [2.24, 2.45) is 0 Å². The van der Waals surface area contributed by atoms with E-state index in [1.807, 2.05) is 65.7 Å². The van der Waals surface area contributed by atoms with E-state index >= 15 is 0 Å². The minimum atomic E-state index is -1.29. The van der Waals surface area contributed by atoms with Crippen LogP contribution in [-0.4, -0.2) is 62.9 Å². The fourth-order valence-corrected chi connectivity index (χ4v) is 3.08. The summed E-state index contributed by atoms with van der Waals surface area (Å²) < 4.78 is 0. The molecule has 1 heterocycles. The molecule has 128 valence electrons. The molecule has 0 bridgehead atoms. The summed E-state index contributed by atoms with van der Waals surface area (Å²) >= 11 is 0. The molecule has 6 heteroatoms. The first-order chi connectivity index (χ1) is 11.6. The third-order valence-corrected chi connectivity index (χ3v) is 4.34. The number of hydrazine groups is 1. The zero-order valence-electron chi connectivity index (χ0n) is 13.2. The maximum atomic E-state index is 10.3. The summed E-state index contributed by atoms with van der Waals surface area (Å²) in [7, 11) is 0. The fourth-order valence-electron chi connectivity index (χ4n) is 3.08. The highest BCUT2D eigenvalue weighted by Gasteiger charge is 2.43. The summed E-state index contributed by atoms with van der Waals surface area (Å²) in [5, 5.41) is 43.6. The van der Waals surface area contributed by atoms with Gasteiger partial charge in [0.2, 0.25) is 0 Å². The van der Waals surface area contributed by atoms with Crippen molar-refractivity contribution in [1.82, 2.24) is 5.01 Å². The van der Waals surface area contributed by atoms with E-state index in [-0.39, 0.29) is 13.2 Å². The first-order valence-electron chi connectivity index (χ1n) is 7.95. The van der Waals surface area contributed by atoms with Gasteiger partial charge in [-0.15, -0.1) is 0 Å². The molecule has 0 saturated carbocycles. The quantitative estimate of drug-likeness (QED) is 0.653. The van der Waals surface area contributed by atoms with E-state index in [9.17, 15) is 20.4 Å². The Bertz CT molecular complexity index is 600. The highest BCUT2D eigenvalue weighted by Crippen LogP contribution is 2.31. The molecular formula is C18H22N2O4. The van der Waals surface area contributed by atoms with Crippen LogP contribution in [-0.2, 0) is 0 Å². The molecule has 6 nitrogen and oxygen atoms in total. The van der Waals surface area contributed by atoms with E-state index in [4.69, 9.17) is 0 Å². The lowest BCUT2D eigenvalue weighted by Gasteiger charge is -2.48. The Morgan fingerprint density at radius 3 is 1.79 bits per heavy atom. The summed E-state index contributed by atoms with van der Waals surface area (Å²) in [6.45, 7) is -0.256. The third-order valence-electron chi connectivity index (χ3n) is 4.34. The van der Waals surface area contributed by atoms with Gasteiger partial charge in [-0.25, -0.2) is 5.01 Å². The Morgan fingerprint density at radius 2 is 1.33 bits per heavy atom. The number of piperidine rings is 1. The predicted molar refractivity (Wildman–Crippen MR) is 90.6 cm³/mol. The number of benzene rings is 2. The van der Waals surface area contributed by atoms with Gasteiger partial charge in [-0.2, -0.15) is 0 Å². The minimum Gasteiger partial charge on any atom is -0.395 e. The van der Waals surface area contributed by atoms with Crippen molar-refractivity contribution in [2.45, 2.75) is 24.4 Å². The molecule has 1 aliphatic rings. The van der Waals surface area contributed by atoms with Crippen LogP contribution in [0.4, 0.5) is 11.4 Å². The first-order valence-corrected chi connectivity index (χ1v) is 7.95. The molecule has 3 rings (SSSR count). The molecule has 0 unspecified atom stereocenters. The van der Waals surface area contributed by atoms with Gasteiger partial charge in [-0.3, -0.25) is 5.01 Å². The lowest BCUT2D eigenvalue weighted by Crippen LogP contribution is -2.66. The van der Waals surface area contributed by atoms with Crippen molar-refractivity contribution in [3.05, 3.63) is 60.7 Å². The summed E-state index contributed by atoms with van der Waals surface area (Å²) in [5.74, 6) is 0. The van der Waals surface area contributed by atoms with E-state index < -0.39 is 24.4 Å². The minimum absolute atomic E-state index is 0.0905. The zero-order chi connectivity index (χ0) is 17.1. The van der Waals surface area contributed by atoms with Gasteiger partial charge >= 0.3 is 0 Å². The third kappa shape index (κ3) is 3.15. The molecule has 0 aromatic heterocycles. The molecule has 0 radical (unpaired) electrons. The van der Waals surface area contributed by atoms with Crippen LogP contribution in [0.5, 0.6) is 0 Å². The summed E-state index contributed by atoms with van der Waals surface area (Å²) in [6, 6.07) is 18.3. The fraction of sp³-hybridized carbons (Fsp3) is 0.333. The normalized spacial score (nSPS) is 27.8. The molecule has 1 saturated heterocycles. The van der Waals surface area contributed by atoms with Gasteiger partial charge in [0.05, 0.1) is 30.1 Å². The number of hydrogen-bond acceptors (Lipinski definition) is 6. The SMILES string of the molecule is OC[C@H]1[C@@H](O)[C@H](O)[C@@H](O)CN1N(c1ccccc1)c1ccccc1. The number of anilines is 2. The molecule has 1 fully saturated rings. The van der Waals surface area contributed by atoms with Crippen molar-refractivity contribution in [3.63, 3.8) is 0 Å². The van der Waals surface area contributed by atoms with Gasteiger partial charge in [-0.05, 0) is 24.3 Å². The monoisotopic (exact) mass is 330 g/mol. The molecule has 24 heavy (non-hydrogen) atoms. The maximum absolute atomic E-state index is 10.3. The number of nitrogens with zero attached hydrogens (tertiary/aromatic N) is 2. The van der Waals surface area contributed by atoms with Crippen LogP contribution in [0.2, 0.25) is 0 Å². The van der Waals surface area contributed by atoms with E-state index in [0.29, 0.717) is 0 Å². The lowest BCUT2D eigenvalue weighted by molar-refractivity contribution is -0.145. The Labute approximate surface area is 140 Å². The van der Waals surface area contributed by atoms with Crippen LogP contribution in [0.3, 0.4) is 0 Å². The topological polar surface area (TPSA) is 87.4 Å². The van der Waals surface area contributed by atoms with Crippen LogP contribution in [0.15, 0.2) is 60.7 Å². The van der Waals surface area contributed by atoms with Gasteiger partial charge < -0.3 is 20.4 Å². The Balaban J connectivity index is 2.04. The van der Waals surface area contributed by atoms with Gasteiger partial charge in [0.15, 0.2) is 0 Å². The molecule has 2 aromatic rings. The van der Waals surface area contributed by atoms with Crippen molar-refractivity contribution >= 4 is 11.4 Å². The summed E-state index contributed by atoms with van der Waals surface area (Å²) in [5.41, 5.74) is 1.66. The molecule has 2 aromatic carbocycles. The maximum Gasteiger partial charge on any atom is 0.109 e. The molecule has 4 atom stereocenters. The smallest absolute Gasteiger partial charge is 0.109 e. The zero-order valence-corrected chi connectivity index (χ0v) is 13.2. The van der Waals surface area contributed by atoms with E-state index in [2.05, 4.69) is 0 Å². The molecule has 0 aliphatic carbocycles. The molecule has 0 spiro atoms. The van der Waals surface area contributed by atoms with Crippen LogP contribution >= 0.6 is 0 Å². The van der Waals surface area contributed by atoms with Crippen molar-refractivity contribution in [3.8, 4) is 0 Å². The Kier molecular flexibility index (Phi) is 5.13. The molecule has 0 amide bonds. The van der Waals surface area contributed by atoms with Crippen molar-refractivity contribution in [1.29, 1.82) is 0 Å². The molecule has 4 N–H and O–H groups in total. The van der Waals surface area contributed by atoms with Crippen molar-refractivity contribution < 1.29 is 20.4 Å². The van der Waals surface area contributed by atoms with Gasteiger partial charge in [0, 0.05) is 6.54 Å². The Hall–Kier alpha value is -1.96. The largest absolute Gasteiger partial charge is 0.395 e. The second-order valence-corrected chi connectivity index (χ2v) is 5.90. The van der Waals surface area contributed by atoms with Gasteiger partial charge in [0.25, 0.3) is 0 Å². The number of aliphatic hydroxyl groups is 4. The predicted octanol–water partition coefficient (Wildman–Crippen LogP) is 0.499. The standard InChI is InChI=1S/C18H22N2O4/c21-12-15-17(23)18(24)16(22)11-19(15)20(13-7-3-1-4-8-13)14-9-5-2-6-10-14/h1-10,15-18,21-24H,11-12H2/t15-,16-,17+,18+/m0/s1. The summed E-state index contributed by atoms with van der Waals surface area (Å²) in [4.78, 5) is 0. The average molecular weight is 330 g/mol. The van der Waals surface area contributed by atoms with Crippen LogP contribution in [0.25, 0.3) is 0 Å². The van der Waals surface area contributed by atoms with Gasteiger partial charge in [-0.1, -0.05) is 36.4 Å². The number of β-amino-alcohol motifs (C(OH)–C–C–N with tert-alkyl or cyclic N) is 1. The Morgan fingerprint density at radius 1 is 0.833 bits per heavy atom. The van der Waals surface area contributed by atoms with Crippen LogP contribution < -0.4 is 5.01 Å². The number of aliphatic hydroxyl groups excluding tert-OH is 4. The van der Waals surface area contributed by atoms with Crippen LogP contribution in [0, 0.1) is 0 Å². The molecule has 1 aliphatic heterocycles. The van der Waals surface area contributed by atoms with Crippen molar-refractivity contribution in [2.75, 3.05) is 18.2 Å².